The van der Waals surface area contributed by atoms with E-state index in [9.17, 15) is 23.3 Å². The lowest BCUT2D eigenvalue weighted by Crippen LogP contribution is -2.09. The molecule has 0 fully saturated rings. The third kappa shape index (κ3) is 2.97. The molecule has 5 rings (SSSR count). The Morgan fingerprint density at radius 3 is 2.62 bits per heavy atom. The average molecular weight is 462 g/mol. The molecule has 1 atom stereocenters. The Labute approximate surface area is 180 Å². The molecule has 0 radical (unpaired) electrons. The molecule has 0 aliphatic carbocycles. The lowest BCUT2D eigenvalue weighted by molar-refractivity contribution is -0.385. The monoisotopic (exact) mass is 462 g/mol. The number of hydrogen-bond acceptors (Lipinski definition) is 8. The molecule has 5 heterocycles. The summed E-state index contributed by atoms with van der Waals surface area (Å²) >= 11 is 1.06. The van der Waals surface area contributed by atoms with E-state index in [1.807, 2.05) is 0 Å². The van der Waals surface area contributed by atoms with Crippen LogP contribution in [0, 0.1) is 24.0 Å². The first-order chi connectivity index (χ1) is 15.0. The second-order valence-electron chi connectivity index (χ2n) is 7.28. The van der Waals surface area contributed by atoms with Gasteiger partial charge in [-0.1, -0.05) is 0 Å². The van der Waals surface area contributed by atoms with E-state index >= 15 is 0 Å². The Morgan fingerprint density at radius 1 is 1.22 bits per heavy atom. The maximum absolute atomic E-state index is 13.2. The number of hydrogen-bond donors (Lipinski definition) is 0. The zero-order valence-electron chi connectivity index (χ0n) is 16.7. The molecule has 0 aromatic carbocycles. The zero-order chi connectivity index (χ0) is 22.9. The highest BCUT2D eigenvalue weighted by molar-refractivity contribution is 7.26. The summed E-state index contributed by atoms with van der Waals surface area (Å²) in [6.07, 6.45) is -1.81. The minimum Gasteiger partial charge on any atom is -0.258 e. The molecule has 0 aliphatic heterocycles. The molecule has 164 valence electrons. The van der Waals surface area contributed by atoms with E-state index in [1.165, 1.54) is 28.6 Å². The SMILES string of the molecule is Cc1nn(C(C)c2nc3c4sc5nc(C(F)(F)F)cc(C)c5c4ncn3n2)cc1[N+](=O)[O-]. The van der Waals surface area contributed by atoms with Gasteiger partial charge in [-0.05, 0) is 32.4 Å². The van der Waals surface area contributed by atoms with E-state index in [1.54, 1.807) is 13.8 Å². The first-order valence-corrected chi connectivity index (χ1v) is 10.1. The summed E-state index contributed by atoms with van der Waals surface area (Å²) < 4.78 is 42.9. The van der Waals surface area contributed by atoms with Crippen molar-refractivity contribution in [2.45, 2.75) is 33.0 Å². The van der Waals surface area contributed by atoms with Crippen LogP contribution in [-0.2, 0) is 6.18 Å². The molecule has 14 heteroatoms. The molecular formula is C18H13F3N8O2S. The van der Waals surface area contributed by atoms with Crippen molar-refractivity contribution in [2.75, 3.05) is 0 Å². The van der Waals surface area contributed by atoms with Crippen LogP contribution in [0.15, 0.2) is 18.6 Å². The fraction of sp³-hybridized carbons (Fsp3) is 0.278. The number of fused-ring (bicyclic) bond motifs is 5. The summed E-state index contributed by atoms with van der Waals surface area (Å²) in [6, 6.07) is 0.480. The summed E-state index contributed by atoms with van der Waals surface area (Å²) in [4.78, 5) is 23.5. The van der Waals surface area contributed by atoms with Gasteiger partial charge >= 0.3 is 11.9 Å². The molecule has 32 heavy (non-hydrogen) atoms. The number of pyridine rings is 1. The average Bonchev–Trinajstić information content (AvgIpc) is 3.40. The Bertz CT molecular complexity index is 1550. The fourth-order valence-corrected chi connectivity index (χ4v) is 4.70. The summed E-state index contributed by atoms with van der Waals surface area (Å²) in [7, 11) is 0. The van der Waals surface area contributed by atoms with Crippen LogP contribution in [0.25, 0.3) is 26.1 Å². The Hall–Kier alpha value is -3.68. The lowest BCUT2D eigenvalue weighted by Gasteiger charge is -2.06. The van der Waals surface area contributed by atoms with Gasteiger partial charge in [-0.25, -0.2) is 19.5 Å². The molecule has 0 bridgehead atoms. The quantitative estimate of drug-likeness (QED) is 0.291. The van der Waals surface area contributed by atoms with Gasteiger partial charge in [0.1, 0.15) is 39.5 Å². The minimum atomic E-state index is -4.56. The van der Waals surface area contributed by atoms with Gasteiger partial charge in [-0.2, -0.15) is 18.3 Å². The molecule has 0 saturated carbocycles. The van der Waals surface area contributed by atoms with E-state index in [0.717, 1.165) is 17.4 Å². The van der Waals surface area contributed by atoms with E-state index in [2.05, 4.69) is 25.1 Å². The van der Waals surface area contributed by atoms with Crippen LogP contribution in [0.5, 0.6) is 0 Å². The van der Waals surface area contributed by atoms with Crippen molar-refractivity contribution >= 4 is 43.1 Å². The molecule has 1 unspecified atom stereocenters. The van der Waals surface area contributed by atoms with Gasteiger partial charge in [-0.15, -0.1) is 16.4 Å². The first-order valence-electron chi connectivity index (χ1n) is 9.27. The highest BCUT2D eigenvalue weighted by Crippen LogP contribution is 2.38. The second-order valence-corrected chi connectivity index (χ2v) is 8.28. The molecule has 0 saturated heterocycles. The van der Waals surface area contributed by atoms with Crippen LogP contribution in [0.3, 0.4) is 0 Å². The first kappa shape index (κ1) is 20.2. The third-order valence-electron chi connectivity index (χ3n) is 5.13. The summed E-state index contributed by atoms with van der Waals surface area (Å²) in [5.41, 5.74) is 0.506. The molecule has 5 aromatic rings. The van der Waals surface area contributed by atoms with Crippen molar-refractivity contribution in [3.8, 4) is 0 Å². The second kappa shape index (κ2) is 6.66. The van der Waals surface area contributed by atoms with Crippen LogP contribution in [-0.4, -0.2) is 39.3 Å². The lowest BCUT2D eigenvalue weighted by atomic mass is 10.1. The largest absolute Gasteiger partial charge is 0.433 e. The molecule has 0 N–H and O–H groups in total. The van der Waals surface area contributed by atoms with Crippen LogP contribution < -0.4 is 0 Å². The summed E-state index contributed by atoms with van der Waals surface area (Å²) in [6.45, 7) is 4.86. The van der Waals surface area contributed by atoms with Gasteiger partial charge in [0.05, 0.1) is 10.4 Å². The van der Waals surface area contributed by atoms with Crippen molar-refractivity contribution in [2.24, 2.45) is 0 Å². The van der Waals surface area contributed by atoms with E-state index < -0.39 is 22.8 Å². The number of halogens is 3. The van der Waals surface area contributed by atoms with Crippen LogP contribution in [0.2, 0.25) is 0 Å². The van der Waals surface area contributed by atoms with Gasteiger partial charge in [-0.3, -0.25) is 14.8 Å². The predicted octanol–water partition coefficient (Wildman–Crippen LogP) is 4.24. The Balaban J connectivity index is 1.67. The number of nitrogens with zero attached hydrogens (tertiary/aromatic N) is 8. The topological polar surface area (TPSA) is 117 Å². The molecule has 10 nitrogen and oxygen atoms in total. The van der Waals surface area contributed by atoms with Gasteiger partial charge < -0.3 is 0 Å². The van der Waals surface area contributed by atoms with Crippen molar-refractivity contribution in [1.82, 2.24) is 34.3 Å². The van der Waals surface area contributed by atoms with Gasteiger partial charge in [0.15, 0.2) is 11.5 Å². The van der Waals surface area contributed by atoms with Gasteiger partial charge in [0.25, 0.3) is 0 Å². The number of aromatic nitrogens is 7. The van der Waals surface area contributed by atoms with Gasteiger partial charge in [0, 0.05) is 5.39 Å². The molecule has 5 aromatic heterocycles. The molecular weight excluding hydrogens is 449 g/mol. The molecule has 0 amide bonds. The Kier molecular flexibility index (Phi) is 4.21. The smallest absolute Gasteiger partial charge is 0.258 e. The normalized spacial score (nSPS) is 13.4. The number of nitro groups is 1. The highest BCUT2D eigenvalue weighted by Gasteiger charge is 2.34. The van der Waals surface area contributed by atoms with Gasteiger partial charge in [0.2, 0.25) is 0 Å². The number of rotatable bonds is 3. The Morgan fingerprint density at radius 2 is 1.97 bits per heavy atom. The summed E-state index contributed by atoms with van der Waals surface area (Å²) in [5.74, 6) is 0.329. The van der Waals surface area contributed by atoms with E-state index in [-0.39, 0.29) is 16.2 Å². The number of alkyl halides is 3. The fourth-order valence-electron chi connectivity index (χ4n) is 3.52. The van der Waals surface area contributed by atoms with E-state index in [0.29, 0.717) is 32.6 Å². The minimum absolute atomic E-state index is 0.115. The van der Waals surface area contributed by atoms with Crippen molar-refractivity contribution < 1.29 is 18.1 Å². The zero-order valence-corrected chi connectivity index (χ0v) is 17.6. The maximum Gasteiger partial charge on any atom is 0.433 e. The van der Waals surface area contributed by atoms with Crippen molar-refractivity contribution in [3.05, 3.63) is 51.5 Å². The van der Waals surface area contributed by atoms with Crippen molar-refractivity contribution in [3.63, 3.8) is 0 Å². The van der Waals surface area contributed by atoms with E-state index in [4.69, 9.17) is 0 Å². The summed E-state index contributed by atoms with van der Waals surface area (Å²) in [5, 5.41) is 20.2. The third-order valence-corrected chi connectivity index (χ3v) is 6.20. The number of thiophene rings is 1. The maximum atomic E-state index is 13.2. The number of aryl methyl sites for hydroxylation is 2. The standard InChI is InChI=1S/C18H13F3N8O2S/c1-7-4-11(18(19,20)21)23-17-12(7)13-14(32-17)16-24-15(26-28(16)6-22-13)9(3)27-5-10(29(30)31)8(2)25-27/h4-6,9H,1-3H3. The predicted molar refractivity (Wildman–Crippen MR) is 109 cm³/mol. The van der Waals surface area contributed by atoms with Crippen LogP contribution in [0.1, 0.15) is 35.7 Å². The van der Waals surface area contributed by atoms with Crippen molar-refractivity contribution in [1.29, 1.82) is 0 Å². The van der Waals surface area contributed by atoms with Crippen LogP contribution >= 0.6 is 11.3 Å². The molecule has 0 spiro atoms. The molecule has 0 aliphatic rings. The highest BCUT2D eigenvalue weighted by atomic mass is 32.1. The van der Waals surface area contributed by atoms with Crippen LogP contribution in [0.4, 0.5) is 18.9 Å².